The van der Waals surface area contributed by atoms with Crippen molar-refractivity contribution in [1.82, 2.24) is 4.72 Å². The van der Waals surface area contributed by atoms with Crippen molar-refractivity contribution in [3.63, 3.8) is 0 Å². The molecule has 5 heteroatoms. The summed E-state index contributed by atoms with van der Waals surface area (Å²) in [5.41, 5.74) is 0. The minimum atomic E-state index is -3.18. The molecule has 98 valence electrons. The second-order valence-corrected chi connectivity index (χ2v) is 6.10. The van der Waals surface area contributed by atoms with E-state index in [1.54, 1.807) is 0 Å². The number of unbranched alkanes of at least 4 members (excludes halogenated alkanes) is 3. The lowest BCUT2D eigenvalue weighted by molar-refractivity contribution is 0.164. The monoisotopic (exact) mass is 251 g/mol. The Kier molecular flexibility index (Phi) is 8.89. The molecular formula is C11H25NO3S. The highest BCUT2D eigenvalue weighted by Crippen LogP contribution is 2.03. The first-order chi connectivity index (χ1) is 7.52. The Labute approximate surface area is 99.5 Å². The van der Waals surface area contributed by atoms with E-state index in [1.165, 1.54) is 0 Å². The largest absolute Gasteiger partial charge is 0.392 e. The van der Waals surface area contributed by atoms with Gasteiger partial charge < -0.3 is 5.11 Å². The molecule has 0 aliphatic heterocycles. The van der Waals surface area contributed by atoms with Crippen LogP contribution in [0.15, 0.2) is 0 Å². The lowest BCUT2D eigenvalue weighted by Crippen LogP contribution is -2.33. The predicted octanol–water partition coefficient (Wildman–Crippen LogP) is 1.65. The van der Waals surface area contributed by atoms with Gasteiger partial charge in [-0.1, -0.05) is 39.5 Å². The van der Waals surface area contributed by atoms with Crippen LogP contribution in [0.3, 0.4) is 0 Å². The molecular weight excluding hydrogens is 226 g/mol. The van der Waals surface area contributed by atoms with Gasteiger partial charge >= 0.3 is 0 Å². The number of sulfonamides is 1. The average Bonchev–Trinajstić information content (AvgIpc) is 2.24. The van der Waals surface area contributed by atoms with Gasteiger partial charge in [-0.25, -0.2) is 13.1 Å². The fourth-order valence-corrected chi connectivity index (χ4v) is 2.62. The molecule has 2 N–H and O–H groups in total. The van der Waals surface area contributed by atoms with Crippen molar-refractivity contribution in [2.24, 2.45) is 0 Å². The van der Waals surface area contributed by atoms with Crippen LogP contribution in [-0.4, -0.2) is 31.9 Å². The zero-order valence-corrected chi connectivity index (χ0v) is 11.2. The van der Waals surface area contributed by atoms with Gasteiger partial charge in [-0.15, -0.1) is 0 Å². The van der Waals surface area contributed by atoms with Gasteiger partial charge in [-0.05, 0) is 12.8 Å². The maximum absolute atomic E-state index is 11.4. The van der Waals surface area contributed by atoms with Gasteiger partial charge in [0.25, 0.3) is 0 Å². The average molecular weight is 251 g/mol. The third kappa shape index (κ3) is 9.12. The fourth-order valence-electron chi connectivity index (χ4n) is 1.36. The lowest BCUT2D eigenvalue weighted by atomic mass is 10.1. The molecule has 0 fully saturated rings. The second-order valence-electron chi connectivity index (χ2n) is 4.17. The SMILES string of the molecule is CCCCCC(O)CNS(=O)(=O)CCCC. The highest BCUT2D eigenvalue weighted by atomic mass is 32.2. The molecule has 16 heavy (non-hydrogen) atoms. The first kappa shape index (κ1) is 15.9. The molecule has 1 unspecified atom stereocenters. The van der Waals surface area contributed by atoms with Crippen LogP contribution in [0.5, 0.6) is 0 Å². The third-order valence-electron chi connectivity index (χ3n) is 2.45. The van der Waals surface area contributed by atoms with Gasteiger partial charge in [-0.3, -0.25) is 0 Å². The quantitative estimate of drug-likeness (QED) is 0.580. The van der Waals surface area contributed by atoms with Gasteiger partial charge in [-0.2, -0.15) is 0 Å². The van der Waals surface area contributed by atoms with E-state index >= 15 is 0 Å². The number of nitrogens with one attached hydrogen (secondary N) is 1. The van der Waals surface area contributed by atoms with Crippen LogP contribution < -0.4 is 4.72 Å². The minimum Gasteiger partial charge on any atom is -0.392 e. The lowest BCUT2D eigenvalue weighted by Gasteiger charge is -2.11. The van der Waals surface area contributed by atoms with Crippen LogP contribution in [0.2, 0.25) is 0 Å². The molecule has 0 heterocycles. The summed E-state index contributed by atoms with van der Waals surface area (Å²) in [6.07, 6.45) is 4.79. The van der Waals surface area contributed by atoms with Crippen LogP contribution in [0, 0.1) is 0 Å². The Morgan fingerprint density at radius 1 is 1.12 bits per heavy atom. The van der Waals surface area contributed by atoms with Gasteiger partial charge in [0.15, 0.2) is 0 Å². The van der Waals surface area contributed by atoms with E-state index in [4.69, 9.17) is 0 Å². The third-order valence-corrected chi connectivity index (χ3v) is 3.88. The summed E-state index contributed by atoms with van der Waals surface area (Å²) >= 11 is 0. The van der Waals surface area contributed by atoms with Crippen molar-refractivity contribution in [3.8, 4) is 0 Å². The number of aliphatic hydroxyl groups excluding tert-OH is 1. The Morgan fingerprint density at radius 3 is 2.31 bits per heavy atom. The fraction of sp³-hybridized carbons (Fsp3) is 1.00. The number of aliphatic hydroxyl groups is 1. The number of hydrogen-bond acceptors (Lipinski definition) is 3. The summed E-state index contributed by atoms with van der Waals surface area (Å²) in [7, 11) is -3.18. The highest BCUT2D eigenvalue weighted by molar-refractivity contribution is 7.89. The molecule has 1 atom stereocenters. The summed E-state index contributed by atoms with van der Waals surface area (Å²) < 4.78 is 25.2. The van der Waals surface area contributed by atoms with Crippen LogP contribution >= 0.6 is 0 Å². The molecule has 0 aliphatic carbocycles. The van der Waals surface area contributed by atoms with E-state index in [0.717, 1.165) is 25.7 Å². The summed E-state index contributed by atoms with van der Waals surface area (Å²) in [5, 5.41) is 9.54. The molecule has 0 amide bonds. The standard InChI is InChI=1S/C11H25NO3S/c1-3-5-7-8-11(13)10-12-16(14,15)9-6-4-2/h11-13H,3-10H2,1-2H3. The first-order valence-corrected chi connectivity index (χ1v) is 7.82. The number of hydrogen-bond donors (Lipinski definition) is 2. The molecule has 0 spiro atoms. The van der Waals surface area contributed by atoms with Gasteiger partial charge in [0, 0.05) is 6.54 Å². The van der Waals surface area contributed by atoms with Crippen molar-refractivity contribution in [2.45, 2.75) is 58.5 Å². The van der Waals surface area contributed by atoms with Gasteiger partial charge in [0.1, 0.15) is 0 Å². The Morgan fingerprint density at radius 2 is 1.75 bits per heavy atom. The van der Waals surface area contributed by atoms with Crippen LogP contribution in [0.1, 0.15) is 52.4 Å². The van der Waals surface area contributed by atoms with Crippen molar-refractivity contribution in [1.29, 1.82) is 0 Å². The van der Waals surface area contributed by atoms with Gasteiger partial charge in [0.05, 0.1) is 11.9 Å². The number of rotatable bonds is 10. The Hall–Kier alpha value is -0.130. The highest BCUT2D eigenvalue weighted by Gasteiger charge is 2.11. The van der Waals surface area contributed by atoms with E-state index in [2.05, 4.69) is 11.6 Å². The van der Waals surface area contributed by atoms with E-state index in [-0.39, 0.29) is 12.3 Å². The van der Waals surface area contributed by atoms with Gasteiger partial charge in [0.2, 0.25) is 10.0 Å². The summed E-state index contributed by atoms with van der Waals surface area (Å²) in [5.74, 6) is 0.158. The van der Waals surface area contributed by atoms with E-state index < -0.39 is 16.1 Å². The maximum atomic E-state index is 11.4. The van der Waals surface area contributed by atoms with Crippen LogP contribution in [0.4, 0.5) is 0 Å². The van der Waals surface area contributed by atoms with Crippen LogP contribution in [-0.2, 0) is 10.0 Å². The molecule has 0 aromatic carbocycles. The van der Waals surface area contributed by atoms with Crippen molar-refractivity contribution < 1.29 is 13.5 Å². The Bertz CT molecular complexity index is 252. The Balaban J connectivity index is 3.68. The molecule has 0 saturated heterocycles. The van der Waals surface area contributed by atoms with E-state index in [0.29, 0.717) is 12.8 Å². The summed E-state index contributed by atoms with van der Waals surface area (Å²) in [6, 6.07) is 0. The van der Waals surface area contributed by atoms with Crippen molar-refractivity contribution >= 4 is 10.0 Å². The van der Waals surface area contributed by atoms with Crippen LogP contribution in [0.25, 0.3) is 0 Å². The minimum absolute atomic E-state index is 0.149. The summed E-state index contributed by atoms with van der Waals surface area (Å²) in [6.45, 7) is 4.20. The first-order valence-electron chi connectivity index (χ1n) is 6.17. The second kappa shape index (κ2) is 8.96. The molecule has 4 nitrogen and oxygen atoms in total. The summed E-state index contributed by atoms with van der Waals surface area (Å²) in [4.78, 5) is 0. The van der Waals surface area contributed by atoms with E-state index in [1.807, 2.05) is 6.92 Å². The molecule has 0 aromatic rings. The van der Waals surface area contributed by atoms with Crippen molar-refractivity contribution in [2.75, 3.05) is 12.3 Å². The molecule has 0 rings (SSSR count). The smallest absolute Gasteiger partial charge is 0.211 e. The molecule has 0 aliphatic rings. The predicted molar refractivity (Wildman–Crippen MR) is 66.8 cm³/mol. The van der Waals surface area contributed by atoms with E-state index in [9.17, 15) is 13.5 Å². The molecule has 0 radical (unpaired) electrons. The topological polar surface area (TPSA) is 66.4 Å². The zero-order valence-electron chi connectivity index (χ0n) is 10.4. The maximum Gasteiger partial charge on any atom is 0.211 e. The molecule has 0 bridgehead atoms. The molecule has 0 aromatic heterocycles. The van der Waals surface area contributed by atoms with Crippen molar-refractivity contribution in [3.05, 3.63) is 0 Å². The zero-order chi connectivity index (χ0) is 12.4. The normalized spacial score (nSPS) is 13.9. The molecule has 0 saturated carbocycles.